The maximum absolute atomic E-state index is 13.2. The molecule has 0 N–H and O–H groups in total. The third-order valence-electron chi connectivity index (χ3n) is 6.65. The van der Waals surface area contributed by atoms with Crippen LogP contribution in [0.1, 0.15) is 105 Å². The van der Waals surface area contributed by atoms with E-state index in [-0.39, 0.29) is 11.2 Å². The van der Waals surface area contributed by atoms with Gasteiger partial charge >= 0.3 is 0 Å². The van der Waals surface area contributed by atoms with Crippen LogP contribution in [0.5, 0.6) is 0 Å². The van der Waals surface area contributed by atoms with E-state index >= 15 is 0 Å². The van der Waals surface area contributed by atoms with E-state index in [1.54, 1.807) is 0 Å². The molecule has 0 saturated carbocycles. The zero-order chi connectivity index (χ0) is 23.7. The van der Waals surface area contributed by atoms with Crippen molar-refractivity contribution >= 4 is 5.78 Å². The molecule has 1 heteroatoms. The molecule has 33 heavy (non-hydrogen) atoms. The maximum atomic E-state index is 13.2. The lowest BCUT2D eigenvalue weighted by atomic mass is 9.85. The van der Waals surface area contributed by atoms with Gasteiger partial charge in [0.1, 0.15) is 0 Å². The summed E-state index contributed by atoms with van der Waals surface area (Å²) in [5, 5.41) is 0. The number of benzene rings is 3. The van der Waals surface area contributed by atoms with Crippen molar-refractivity contribution in [3.63, 3.8) is 0 Å². The van der Waals surface area contributed by atoms with E-state index in [1.165, 1.54) is 48.8 Å². The molecule has 0 saturated heterocycles. The predicted octanol–water partition coefficient (Wildman–Crippen LogP) is 8.90. The molecule has 0 bridgehead atoms. The number of unbranched alkanes of at least 4 members (excludes halogenated alkanes) is 2. The summed E-state index contributed by atoms with van der Waals surface area (Å²) in [5.41, 5.74) is 5.64. The highest BCUT2D eigenvalue weighted by molar-refractivity contribution is 6.09. The Balaban J connectivity index is 1.73. The number of hydrogen-bond donors (Lipinski definition) is 0. The topological polar surface area (TPSA) is 17.1 Å². The fraction of sp³-hybridized carbons (Fsp3) is 0.406. The molecule has 0 aliphatic heterocycles. The Labute approximate surface area is 201 Å². The van der Waals surface area contributed by atoms with Crippen LogP contribution in [-0.2, 0) is 11.8 Å². The molecule has 0 spiro atoms. The van der Waals surface area contributed by atoms with Crippen LogP contribution in [0, 0.1) is 0 Å². The summed E-state index contributed by atoms with van der Waals surface area (Å²) in [6, 6.07) is 27.3. The predicted molar refractivity (Wildman–Crippen MR) is 141 cm³/mol. The minimum absolute atomic E-state index is 0.0902. The smallest absolute Gasteiger partial charge is 0.193 e. The highest BCUT2D eigenvalue weighted by Crippen LogP contribution is 2.30. The average Bonchev–Trinajstić information content (AvgIpc) is 2.83. The van der Waals surface area contributed by atoms with Gasteiger partial charge in [-0.3, -0.25) is 4.79 Å². The molecule has 0 fully saturated rings. The van der Waals surface area contributed by atoms with Crippen LogP contribution >= 0.6 is 0 Å². The lowest BCUT2D eigenvalue weighted by Gasteiger charge is -2.19. The largest absolute Gasteiger partial charge is 0.289 e. The Kier molecular flexibility index (Phi) is 9.06. The first kappa shape index (κ1) is 25.0. The lowest BCUT2D eigenvalue weighted by Crippen LogP contribution is -2.11. The van der Waals surface area contributed by atoms with E-state index < -0.39 is 0 Å². The number of ketones is 1. The second kappa shape index (κ2) is 12.0. The molecule has 3 rings (SSSR count). The van der Waals surface area contributed by atoms with Crippen LogP contribution < -0.4 is 0 Å². The lowest BCUT2D eigenvalue weighted by molar-refractivity contribution is 0.103. The first-order valence-corrected chi connectivity index (χ1v) is 12.7. The van der Waals surface area contributed by atoms with Crippen LogP contribution in [0.3, 0.4) is 0 Å². The highest BCUT2D eigenvalue weighted by Gasteiger charge is 2.17. The Bertz CT molecular complexity index is 993. The van der Waals surface area contributed by atoms with Gasteiger partial charge in [0, 0.05) is 11.1 Å². The van der Waals surface area contributed by atoms with Crippen LogP contribution in [0.15, 0.2) is 78.9 Å². The Hall–Kier alpha value is -2.67. The molecule has 1 unspecified atom stereocenters. The van der Waals surface area contributed by atoms with Gasteiger partial charge in [0.2, 0.25) is 0 Å². The van der Waals surface area contributed by atoms with Crippen molar-refractivity contribution in [2.45, 2.75) is 84.0 Å². The van der Waals surface area contributed by atoms with Gasteiger partial charge in [-0.2, -0.15) is 0 Å². The monoisotopic (exact) mass is 440 g/mol. The number of hydrogen-bond acceptors (Lipinski definition) is 1. The van der Waals surface area contributed by atoms with Gasteiger partial charge in [0.25, 0.3) is 0 Å². The normalized spacial score (nSPS) is 12.5. The average molecular weight is 441 g/mol. The molecule has 3 aromatic carbocycles. The molecule has 0 amide bonds. The second-order valence-corrected chi connectivity index (χ2v) is 10.4. The summed E-state index contributed by atoms with van der Waals surface area (Å²) in [6.45, 7) is 8.85. The van der Waals surface area contributed by atoms with Crippen LogP contribution in [0.2, 0.25) is 0 Å². The summed E-state index contributed by atoms with van der Waals surface area (Å²) < 4.78 is 0. The van der Waals surface area contributed by atoms with E-state index in [4.69, 9.17) is 0 Å². The van der Waals surface area contributed by atoms with Crippen LogP contribution in [-0.4, -0.2) is 5.78 Å². The molecule has 0 heterocycles. The van der Waals surface area contributed by atoms with Crippen molar-refractivity contribution in [3.05, 3.63) is 107 Å². The molecule has 0 radical (unpaired) electrons. The van der Waals surface area contributed by atoms with Gasteiger partial charge in [-0.25, -0.2) is 0 Å². The fourth-order valence-electron chi connectivity index (χ4n) is 4.54. The minimum Gasteiger partial charge on any atom is -0.289 e. The van der Waals surface area contributed by atoms with Crippen molar-refractivity contribution in [2.24, 2.45) is 0 Å². The Morgan fingerprint density at radius 1 is 0.758 bits per heavy atom. The third kappa shape index (κ3) is 7.42. The molecule has 3 aromatic rings. The van der Waals surface area contributed by atoms with Gasteiger partial charge in [0.15, 0.2) is 5.78 Å². The summed E-state index contributed by atoms with van der Waals surface area (Å²) in [6.07, 6.45) is 8.40. The first-order chi connectivity index (χ1) is 15.9. The molecular formula is C32H40O. The van der Waals surface area contributed by atoms with Crippen molar-refractivity contribution in [1.82, 2.24) is 0 Å². The number of carbonyl (C=O) groups is 1. The second-order valence-electron chi connectivity index (χ2n) is 10.4. The number of rotatable bonds is 11. The van der Waals surface area contributed by atoms with Gasteiger partial charge in [-0.1, -0.05) is 120 Å². The van der Waals surface area contributed by atoms with E-state index in [1.807, 2.05) is 18.2 Å². The Morgan fingerprint density at radius 2 is 1.45 bits per heavy atom. The standard InChI is InChI=1S/C32H40O/c1-5-6-8-16-26(17-11-15-25-13-9-7-10-14-25)28-18-12-19-29(24-28)31(33)27-20-22-30(23-21-27)32(2,3)4/h7,9-10,12-14,18-24,26H,5-6,8,11,15-17H2,1-4H3. The number of carbonyl (C=O) groups excluding carboxylic acids is 1. The highest BCUT2D eigenvalue weighted by atomic mass is 16.1. The van der Waals surface area contributed by atoms with Crippen molar-refractivity contribution in [1.29, 1.82) is 0 Å². The van der Waals surface area contributed by atoms with Gasteiger partial charge in [-0.05, 0) is 59.8 Å². The molecule has 0 aliphatic rings. The van der Waals surface area contributed by atoms with Crippen LogP contribution in [0.4, 0.5) is 0 Å². The zero-order valence-electron chi connectivity index (χ0n) is 20.9. The van der Waals surface area contributed by atoms with Gasteiger partial charge < -0.3 is 0 Å². The first-order valence-electron chi connectivity index (χ1n) is 12.7. The summed E-state index contributed by atoms with van der Waals surface area (Å²) in [4.78, 5) is 13.2. The quantitative estimate of drug-likeness (QED) is 0.215. The zero-order valence-corrected chi connectivity index (χ0v) is 20.9. The molecule has 1 atom stereocenters. The Morgan fingerprint density at radius 3 is 2.12 bits per heavy atom. The fourth-order valence-corrected chi connectivity index (χ4v) is 4.54. The molecule has 0 aromatic heterocycles. The van der Waals surface area contributed by atoms with Crippen LogP contribution in [0.25, 0.3) is 0 Å². The molecule has 1 nitrogen and oxygen atoms in total. The van der Waals surface area contributed by atoms with Gasteiger partial charge in [-0.15, -0.1) is 0 Å². The minimum atomic E-state index is 0.0902. The van der Waals surface area contributed by atoms with Gasteiger partial charge in [0.05, 0.1) is 0 Å². The summed E-state index contributed by atoms with van der Waals surface area (Å²) in [5.74, 6) is 0.630. The van der Waals surface area contributed by atoms with Crippen molar-refractivity contribution < 1.29 is 4.79 Å². The third-order valence-corrected chi connectivity index (χ3v) is 6.65. The van der Waals surface area contributed by atoms with E-state index in [2.05, 4.69) is 88.4 Å². The summed E-state index contributed by atoms with van der Waals surface area (Å²) >= 11 is 0. The van der Waals surface area contributed by atoms with Crippen molar-refractivity contribution in [2.75, 3.05) is 0 Å². The van der Waals surface area contributed by atoms with E-state index in [9.17, 15) is 4.79 Å². The van der Waals surface area contributed by atoms with E-state index in [0.29, 0.717) is 5.92 Å². The molecular weight excluding hydrogens is 400 g/mol. The molecule has 174 valence electrons. The number of aryl methyl sites for hydroxylation is 1. The molecule has 0 aliphatic carbocycles. The SMILES string of the molecule is CCCCCC(CCCc1ccccc1)c1cccc(C(=O)c2ccc(C(C)(C)C)cc2)c1. The van der Waals surface area contributed by atoms with Crippen molar-refractivity contribution in [3.8, 4) is 0 Å². The maximum Gasteiger partial charge on any atom is 0.193 e. The van der Waals surface area contributed by atoms with E-state index in [0.717, 1.165) is 24.0 Å². The summed E-state index contributed by atoms with van der Waals surface area (Å²) in [7, 11) is 0.